The zero-order chi connectivity index (χ0) is 36.0. The van der Waals surface area contributed by atoms with Crippen molar-refractivity contribution in [3.8, 4) is 5.75 Å². The van der Waals surface area contributed by atoms with Crippen LogP contribution in [0.4, 0.5) is 0 Å². The molecule has 2 aromatic carbocycles. The number of ketones is 1. The first-order valence-electron chi connectivity index (χ1n) is 19.4. The van der Waals surface area contributed by atoms with Crippen molar-refractivity contribution in [3.63, 3.8) is 0 Å². The molecule has 274 valence electrons. The highest BCUT2D eigenvalue weighted by molar-refractivity contribution is 5.94. The summed E-state index contributed by atoms with van der Waals surface area (Å²) in [7, 11) is 10.7. The van der Waals surface area contributed by atoms with Gasteiger partial charge in [-0.05, 0) is 101 Å². The standard InChI is InChI=1S/C43H52N4O5/c1-22(48)30-19-51-20-31-25(30)14-38-42-29(17-35(31)44(38)3)27-12-23(40(50-7)18-37(27)47(42)6)13-33-26-15-39-41-28(24-10-8-9-11-34(24)46(41)5)16-36(45(39)4)32(26)21-52-43(33,2)49/h8-12,18-19,25-26,31-33,35-36,38-39,49H,13-17,20-21H2,1-7H3. The molecule has 3 fully saturated rings. The quantitative estimate of drug-likeness (QED) is 0.286. The molecule has 0 amide bonds. The predicted octanol–water partition coefficient (Wildman–Crippen LogP) is 5.85. The molecule has 2 aromatic heterocycles. The van der Waals surface area contributed by atoms with E-state index in [1.165, 1.54) is 44.3 Å². The van der Waals surface area contributed by atoms with E-state index in [4.69, 9.17) is 14.2 Å². The molecule has 6 aliphatic rings. The van der Waals surface area contributed by atoms with Gasteiger partial charge in [0.25, 0.3) is 0 Å². The molecule has 9 heteroatoms. The molecule has 10 rings (SSSR count). The van der Waals surface area contributed by atoms with Crippen molar-refractivity contribution >= 4 is 27.6 Å². The largest absolute Gasteiger partial charge is 0.500 e. The van der Waals surface area contributed by atoms with Crippen molar-refractivity contribution in [2.45, 2.75) is 75.9 Å². The molecule has 8 heterocycles. The van der Waals surface area contributed by atoms with Crippen molar-refractivity contribution in [2.24, 2.45) is 43.7 Å². The summed E-state index contributed by atoms with van der Waals surface area (Å²) < 4.78 is 23.4. The van der Waals surface area contributed by atoms with E-state index in [0.29, 0.717) is 43.6 Å². The fourth-order valence-electron chi connectivity index (χ4n) is 12.5. The fourth-order valence-corrected chi connectivity index (χ4v) is 12.5. The van der Waals surface area contributed by atoms with E-state index in [1.807, 2.05) is 6.92 Å². The average molecular weight is 705 g/mol. The Morgan fingerprint density at radius 1 is 0.885 bits per heavy atom. The number of nitrogens with zero attached hydrogens (tertiary/aromatic N) is 4. The Labute approximate surface area is 306 Å². The minimum absolute atomic E-state index is 0.0884. The zero-order valence-electron chi connectivity index (χ0n) is 31.6. The van der Waals surface area contributed by atoms with E-state index < -0.39 is 5.79 Å². The third kappa shape index (κ3) is 4.39. The minimum Gasteiger partial charge on any atom is -0.500 e. The van der Waals surface area contributed by atoms with Gasteiger partial charge in [0.15, 0.2) is 11.6 Å². The van der Waals surface area contributed by atoms with Gasteiger partial charge >= 0.3 is 0 Å². The van der Waals surface area contributed by atoms with Gasteiger partial charge in [0.05, 0.1) is 44.2 Å². The van der Waals surface area contributed by atoms with Gasteiger partial charge < -0.3 is 28.5 Å². The number of rotatable bonds is 4. The number of para-hydroxylation sites is 1. The van der Waals surface area contributed by atoms with E-state index in [1.54, 1.807) is 20.3 Å². The Hall–Kier alpha value is -3.63. The topological polar surface area (TPSA) is 81.3 Å². The zero-order valence-corrected chi connectivity index (χ0v) is 31.6. The van der Waals surface area contributed by atoms with Crippen LogP contribution < -0.4 is 4.74 Å². The number of Topliss-reactive ketones (excluding diaryl/α,β-unsaturated/α-hetero) is 1. The number of aryl methyl sites for hydroxylation is 2. The van der Waals surface area contributed by atoms with Crippen LogP contribution in [0, 0.1) is 29.6 Å². The number of hydrogen-bond acceptors (Lipinski definition) is 7. The van der Waals surface area contributed by atoms with Crippen LogP contribution in [0.3, 0.4) is 0 Å². The average Bonchev–Trinajstić information content (AvgIpc) is 3.55. The number of fused-ring (bicyclic) bond motifs is 16. The fraction of sp³-hybridized carbons (Fsp3) is 0.558. The first-order chi connectivity index (χ1) is 25.0. The molecule has 4 bridgehead atoms. The monoisotopic (exact) mass is 704 g/mol. The first-order valence-corrected chi connectivity index (χ1v) is 19.4. The number of hydrogen-bond donors (Lipinski definition) is 1. The van der Waals surface area contributed by atoms with E-state index in [0.717, 1.165) is 42.6 Å². The maximum absolute atomic E-state index is 12.7. The van der Waals surface area contributed by atoms with Crippen LogP contribution in [0.5, 0.6) is 5.75 Å². The Balaban J connectivity index is 1.04. The molecule has 10 atom stereocenters. The number of methoxy groups -OCH3 is 1. The molecule has 52 heavy (non-hydrogen) atoms. The summed E-state index contributed by atoms with van der Waals surface area (Å²) in [6, 6.07) is 14.6. The number of likely N-dealkylation sites (N-methyl/N-ethyl adjacent to an activating group) is 2. The van der Waals surface area contributed by atoms with Gasteiger partial charge in [-0.25, -0.2) is 0 Å². The molecule has 0 radical (unpaired) electrons. The number of piperidine rings is 2. The van der Waals surface area contributed by atoms with Crippen molar-refractivity contribution in [3.05, 3.63) is 76.3 Å². The number of allylic oxidation sites excluding steroid dienone is 1. The molecule has 6 aliphatic heterocycles. The van der Waals surface area contributed by atoms with Crippen molar-refractivity contribution < 1.29 is 24.1 Å². The first kappa shape index (κ1) is 33.0. The summed E-state index contributed by atoms with van der Waals surface area (Å²) in [5, 5.41) is 14.7. The molecule has 3 saturated heterocycles. The lowest BCUT2D eigenvalue weighted by Crippen LogP contribution is -2.62. The molecular weight excluding hydrogens is 652 g/mol. The second-order valence-electron chi connectivity index (χ2n) is 17.2. The van der Waals surface area contributed by atoms with E-state index in [2.05, 4.69) is 83.5 Å². The highest BCUT2D eigenvalue weighted by atomic mass is 16.6. The number of benzene rings is 2. The second-order valence-corrected chi connectivity index (χ2v) is 17.2. The maximum atomic E-state index is 12.7. The number of carbonyl (C=O) groups is 1. The number of aromatic nitrogens is 2. The lowest BCUT2D eigenvalue weighted by molar-refractivity contribution is -0.289. The smallest absolute Gasteiger partial charge is 0.166 e. The number of aliphatic hydroxyl groups is 1. The van der Waals surface area contributed by atoms with Gasteiger partial charge in [0.2, 0.25) is 0 Å². The molecule has 10 unspecified atom stereocenters. The van der Waals surface area contributed by atoms with Crippen LogP contribution in [-0.4, -0.2) is 82.1 Å². The molecule has 9 nitrogen and oxygen atoms in total. The number of carbonyl (C=O) groups excluding carboxylic acids is 1. The summed E-state index contributed by atoms with van der Waals surface area (Å²) in [6.45, 7) is 4.79. The van der Waals surface area contributed by atoms with Crippen molar-refractivity contribution in [1.82, 2.24) is 18.9 Å². The molecule has 4 aromatic rings. The molecule has 0 aliphatic carbocycles. The van der Waals surface area contributed by atoms with Crippen LogP contribution in [0.1, 0.15) is 66.9 Å². The molecular formula is C43H52N4O5. The Kier molecular flexibility index (Phi) is 7.25. The molecule has 0 saturated carbocycles. The van der Waals surface area contributed by atoms with Gasteiger partial charge in [-0.2, -0.15) is 0 Å². The lowest BCUT2D eigenvalue weighted by atomic mass is 9.62. The summed E-state index contributed by atoms with van der Waals surface area (Å²) in [4.78, 5) is 17.8. The number of ether oxygens (including phenoxy) is 3. The third-order valence-electron chi connectivity index (χ3n) is 15.0. The summed E-state index contributed by atoms with van der Waals surface area (Å²) >= 11 is 0. The van der Waals surface area contributed by atoms with E-state index >= 15 is 0 Å². The van der Waals surface area contributed by atoms with Gasteiger partial charge in [0.1, 0.15) is 5.75 Å². The predicted molar refractivity (Wildman–Crippen MR) is 200 cm³/mol. The summed E-state index contributed by atoms with van der Waals surface area (Å²) in [5.74, 6) is 0.777. The van der Waals surface area contributed by atoms with Crippen LogP contribution in [0.25, 0.3) is 21.8 Å². The van der Waals surface area contributed by atoms with E-state index in [-0.39, 0.29) is 35.6 Å². The summed E-state index contributed by atoms with van der Waals surface area (Å²) in [6.07, 6.45) is 6.23. The lowest BCUT2D eigenvalue weighted by Gasteiger charge is -2.58. The van der Waals surface area contributed by atoms with Gasteiger partial charge in [0, 0.05) is 83.2 Å². The highest BCUT2D eigenvalue weighted by Gasteiger charge is 2.56. The van der Waals surface area contributed by atoms with Crippen molar-refractivity contribution in [2.75, 3.05) is 34.4 Å². The Bertz CT molecular complexity index is 2180. The van der Waals surface area contributed by atoms with Crippen LogP contribution >= 0.6 is 0 Å². The maximum Gasteiger partial charge on any atom is 0.166 e. The SMILES string of the molecule is COc1cc2c(cc1CC1C3CC4c5c(c6ccccc6n5C)CC(C3COC1(C)O)N4C)c1c(n2C)C2CC3C(C(C)=O)=COCC3C(C1)N2C. The van der Waals surface area contributed by atoms with Crippen LogP contribution in [-0.2, 0) is 47.6 Å². The van der Waals surface area contributed by atoms with Crippen LogP contribution in [0.15, 0.2) is 48.2 Å². The highest BCUT2D eigenvalue weighted by Crippen LogP contribution is 2.56. The van der Waals surface area contributed by atoms with Gasteiger partial charge in [-0.3, -0.25) is 14.6 Å². The van der Waals surface area contributed by atoms with Gasteiger partial charge in [-0.15, -0.1) is 0 Å². The van der Waals surface area contributed by atoms with Gasteiger partial charge in [-0.1, -0.05) is 18.2 Å². The normalized spacial score (nSPS) is 35.3. The third-order valence-corrected chi connectivity index (χ3v) is 15.0. The Morgan fingerprint density at radius 2 is 1.56 bits per heavy atom. The van der Waals surface area contributed by atoms with E-state index in [9.17, 15) is 9.90 Å². The summed E-state index contributed by atoms with van der Waals surface area (Å²) in [5.41, 5.74) is 10.2. The van der Waals surface area contributed by atoms with Crippen molar-refractivity contribution in [1.29, 1.82) is 0 Å². The molecule has 1 N–H and O–H groups in total. The second kappa shape index (κ2) is 11.4. The Morgan fingerprint density at radius 3 is 2.29 bits per heavy atom. The van der Waals surface area contributed by atoms with Crippen LogP contribution in [0.2, 0.25) is 0 Å². The molecule has 0 spiro atoms. The minimum atomic E-state index is -1.25.